The van der Waals surface area contributed by atoms with Gasteiger partial charge in [0, 0.05) is 49.1 Å². The monoisotopic (exact) mass is 543 g/mol. The third kappa shape index (κ3) is 6.79. The molecule has 1 unspecified atom stereocenters. The summed E-state index contributed by atoms with van der Waals surface area (Å²) in [7, 11) is 1.42. The van der Waals surface area contributed by atoms with Crippen molar-refractivity contribution in [3.63, 3.8) is 0 Å². The summed E-state index contributed by atoms with van der Waals surface area (Å²) in [6.45, 7) is 9.82. The molecule has 1 aromatic heterocycles. The van der Waals surface area contributed by atoms with Crippen molar-refractivity contribution in [3.05, 3.63) is 58.8 Å². The van der Waals surface area contributed by atoms with E-state index in [-0.39, 0.29) is 11.5 Å². The van der Waals surface area contributed by atoms with E-state index >= 15 is 0 Å². The maximum absolute atomic E-state index is 13.5. The van der Waals surface area contributed by atoms with Gasteiger partial charge in [0.1, 0.15) is 0 Å². The molecule has 10 heteroatoms. The lowest BCUT2D eigenvalue weighted by atomic mass is 9.97. The molecule has 1 N–H and O–H groups in total. The van der Waals surface area contributed by atoms with Gasteiger partial charge < -0.3 is 15.0 Å². The summed E-state index contributed by atoms with van der Waals surface area (Å²) in [5, 5.41) is 13.9. The van der Waals surface area contributed by atoms with Crippen LogP contribution in [0.4, 0.5) is 24.7 Å². The molecule has 1 atom stereocenters. The van der Waals surface area contributed by atoms with Crippen molar-refractivity contribution in [2.75, 3.05) is 50.1 Å². The second-order valence-electron chi connectivity index (χ2n) is 10.1. The molecule has 3 aromatic rings. The first-order valence-corrected chi connectivity index (χ1v) is 13.3. The molecular formula is C29H36F3N5O2. The predicted octanol–water partition coefficient (Wildman–Crippen LogP) is 5.90. The van der Waals surface area contributed by atoms with Crippen LogP contribution in [0.25, 0.3) is 10.8 Å². The normalized spacial score (nSPS) is 15.4. The van der Waals surface area contributed by atoms with E-state index < -0.39 is 17.8 Å². The Morgan fingerprint density at radius 3 is 2.49 bits per heavy atom. The average Bonchev–Trinajstić information content (AvgIpc) is 2.92. The van der Waals surface area contributed by atoms with Crippen LogP contribution in [0, 0.1) is 13.8 Å². The van der Waals surface area contributed by atoms with Crippen LogP contribution < -0.4 is 10.2 Å². The Hall–Kier alpha value is -3.40. The number of aromatic nitrogens is 2. The van der Waals surface area contributed by atoms with Gasteiger partial charge in [0.15, 0.2) is 5.82 Å². The van der Waals surface area contributed by atoms with Crippen LogP contribution in [0.2, 0.25) is 0 Å². The van der Waals surface area contributed by atoms with Gasteiger partial charge in [-0.3, -0.25) is 9.69 Å². The third-order valence-electron chi connectivity index (χ3n) is 7.52. The van der Waals surface area contributed by atoms with Crippen LogP contribution in [0.1, 0.15) is 54.6 Å². The SMILES string of the molecule is COC(=O)CCCCN1CCN(c2ccc3c(C)nnc(NC(C)c4cccc(C(F)(F)F)c4C)c3c2)CC1. The highest BCUT2D eigenvalue weighted by molar-refractivity contribution is 5.95. The third-order valence-corrected chi connectivity index (χ3v) is 7.52. The molecule has 0 radical (unpaired) electrons. The minimum absolute atomic E-state index is 0.163. The number of aryl methyl sites for hydroxylation is 1. The number of benzene rings is 2. The van der Waals surface area contributed by atoms with Gasteiger partial charge >= 0.3 is 12.1 Å². The zero-order chi connectivity index (χ0) is 28.2. The van der Waals surface area contributed by atoms with E-state index in [9.17, 15) is 18.0 Å². The Morgan fingerprint density at radius 2 is 1.79 bits per heavy atom. The van der Waals surface area contributed by atoms with Gasteiger partial charge in [-0.05, 0) is 69.5 Å². The molecule has 210 valence electrons. The molecule has 7 nitrogen and oxygen atoms in total. The number of rotatable bonds is 9. The van der Waals surface area contributed by atoms with E-state index in [0.717, 1.165) is 73.8 Å². The lowest BCUT2D eigenvalue weighted by Gasteiger charge is -2.36. The summed E-state index contributed by atoms with van der Waals surface area (Å²) in [6, 6.07) is 10.1. The van der Waals surface area contributed by atoms with Crippen molar-refractivity contribution in [3.8, 4) is 0 Å². The van der Waals surface area contributed by atoms with E-state index in [4.69, 9.17) is 4.74 Å². The van der Waals surface area contributed by atoms with Gasteiger partial charge in [-0.15, -0.1) is 5.10 Å². The number of piperazine rings is 1. The van der Waals surface area contributed by atoms with Crippen LogP contribution >= 0.6 is 0 Å². The number of unbranched alkanes of at least 4 members (excludes halogenated alkanes) is 1. The second kappa shape index (κ2) is 12.2. The quantitative estimate of drug-likeness (QED) is 0.266. The van der Waals surface area contributed by atoms with E-state index in [1.54, 1.807) is 6.07 Å². The van der Waals surface area contributed by atoms with Crippen LogP contribution in [0.3, 0.4) is 0 Å². The molecule has 0 amide bonds. The number of fused-ring (bicyclic) bond motifs is 1. The fourth-order valence-electron chi connectivity index (χ4n) is 5.23. The Kier molecular flexibility index (Phi) is 8.94. The minimum atomic E-state index is -4.40. The number of carbonyl (C=O) groups is 1. The molecule has 0 saturated carbocycles. The smallest absolute Gasteiger partial charge is 0.416 e. The molecular weight excluding hydrogens is 507 g/mol. The average molecular weight is 544 g/mol. The van der Waals surface area contributed by atoms with Crippen molar-refractivity contribution in [1.29, 1.82) is 0 Å². The van der Waals surface area contributed by atoms with E-state index in [1.165, 1.54) is 20.1 Å². The summed E-state index contributed by atoms with van der Waals surface area (Å²) < 4.78 is 45.1. The van der Waals surface area contributed by atoms with Crippen LogP contribution in [0.5, 0.6) is 0 Å². The van der Waals surface area contributed by atoms with Crippen LogP contribution in [0.15, 0.2) is 36.4 Å². The van der Waals surface area contributed by atoms with Crippen molar-refractivity contribution in [2.24, 2.45) is 0 Å². The van der Waals surface area contributed by atoms with Gasteiger partial charge in [-0.1, -0.05) is 18.2 Å². The number of carbonyl (C=O) groups excluding carboxylic acids is 1. The Bertz CT molecular complexity index is 1310. The number of methoxy groups -OCH3 is 1. The molecule has 2 aromatic carbocycles. The summed E-state index contributed by atoms with van der Waals surface area (Å²) in [4.78, 5) is 16.1. The second-order valence-corrected chi connectivity index (χ2v) is 10.1. The zero-order valence-corrected chi connectivity index (χ0v) is 22.9. The highest BCUT2D eigenvalue weighted by Crippen LogP contribution is 2.36. The predicted molar refractivity (Wildman–Crippen MR) is 147 cm³/mol. The summed E-state index contributed by atoms with van der Waals surface area (Å²) in [5.74, 6) is 0.385. The Labute approximate surface area is 227 Å². The lowest BCUT2D eigenvalue weighted by molar-refractivity contribution is -0.141. The van der Waals surface area contributed by atoms with Gasteiger partial charge in [0.25, 0.3) is 0 Å². The summed E-state index contributed by atoms with van der Waals surface area (Å²) >= 11 is 0. The van der Waals surface area contributed by atoms with E-state index in [0.29, 0.717) is 17.8 Å². The molecule has 0 spiro atoms. The fraction of sp³-hybridized carbons (Fsp3) is 0.483. The van der Waals surface area contributed by atoms with E-state index in [2.05, 4.69) is 37.4 Å². The number of ether oxygens (including phenoxy) is 1. The van der Waals surface area contributed by atoms with Gasteiger partial charge in [0.05, 0.1) is 24.4 Å². The number of hydrogen-bond acceptors (Lipinski definition) is 7. The maximum Gasteiger partial charge on any atom is 0.416 e. The fourth-order valence-corrected chi connectivity index (χ4v) is 5.23. The molecule has 1 aliphatic rings. The van der Waals surface area contributed by atoms with Gasteiger partial charge in [-0.2, -0.15) is 18.3 Å². The van der Waals surface area contributed by atoms with E-state index in [1.807, 2.05) is 19.9 Å². The van der Waals surface area contributed by atoms with Crippen molar-refractivity contribution in [1.82, 2.24) is 15.1 Å². The summed E-state index contributed by atoms with van der Waals surface area (Å²) in [6.07, 6.45) is -2.16. The number of nitrogens with one attached hydrogen (secondary N) is 1. The number of esters is 1. The Morgan fingerprint density at radius 1 is 1.05 bits per heavy atom. The van der Waals surface area contributed by atoms with Crippen molar-refractivity contribution >= 4 is 28.2 Å². The number of anilines is 2. The molecule has 4 rings (SSSR count). The molecule has 39 heavy (non-hydrogen) atoms. The molecule has 1 fully saturated rings. The molecule has 0 bridgehead atoms. The topological polar surface area (TPSA) is 70.6 Å². The van der Waals surface area contributed by atoms with Crippen LogP contribution in [-0.2, 0) is 15.7 Å². The van der Waals surface area contributed by atoms with Gasteiger partial charge in [0.2, 0.25) is 0 Å². The molecule has 0 aliphatic carbocycles. The maximum atomic E-state index is 13.5. The first kappa shape index (κ1) is 28.6. The van der Waals surface area contributed by atoms with Crippen molar-refractivity contribution in [2.45, 2.75) is 52.3 Å². The Balaban J connectivity index is 1.48. The molecule has 2 heterocycles. The number of alkyl halides is 3. The number of hydrogen-bond donors (Lipinski definition) is 1. The standard InChI is InChI=1S/C29H36F3N5O2/c1-19-23(8-7-9-26(19)29(30,31)32)20(2)33-28-25-18-22(11-12-24(25)21(3)34-35-28)37-16-14-36(15-17-37)13-6-5-10-27(38)39-4/h7-9,11-12,18,20H,5-6,10,13-17H2,1-4H3,(H,33,35). The van der Waals surface area contributed by atoms with Crippen molar-refractivity contribution < 1.29 is 22.7 Å². The van der Waals surface area contributed by atoms with Gasteiger partial charge in [-0.25, -0.2) is 0 Å². The first-order chi connectivity index (χ1) is 18.6. The highest BCUT2D eigenvalue weighted by atomic mass is 19.4. The molecule has 1 aliphatic heterocycles. The summed E-state index contributed by atoms with van der Waals surface area (Å²) in [5.41, 5.74) is 2.02. The highest BCUT2D eigenvalue weighted by Gasteiger charge is 2.33. The lowest BCUT2D eigenvalue weighted by Crippen LogP contribution is -2.46. The largest absolute Gasteiger partial charge is 0.469 e. The number of nitrogens with zero attached hydrogens (tertiary/aromatic N) is 4. The van der Waals surface area contributed by atoms with Crippen LogP contribution in [-0.4, -0.2) is 60.9 Å². The first-order valence-electron chi connectivity index (χ1n) is 13.3. The minimum Gasteiger partial charge on any atom is -0.469 e. The number of halogens is 3. The zero-order valence-electron chi connectivity index (χ0n) is 22.9. The molecule has 1 saturated heterocycles.